The number of fused-ring (bicyclic) bond motifs is 2. The second-order valence-electron chi connectivity index (χ2n) is 11.0. The van der Waals surface area contributed by atoms with Crippen molar-refractivity contribution < 1.29 is 32.3 Å². The molecule has 0 saturated carbocycles. The van der Waals surface area contributed by atoms with Crippen molar-refractivity contribution >= 4 is 56.1 Å². The first-order chi connectivity index (χ1) is 19.2. The summed E-state index contributed by atoms with van der Waals surface area (Å²) < 4.78 is 44.9. The number of benzene rings is 1. The van der Waals surface area contributed by atoms with Crippen LogP contribution in [0.3, 0.4) is 0 Å². The zero-order valence-electron chi connectivity index (χ0n) is 22.3. The summed E-state index contributed by atoms with van der Waals surface area (Å²) in [6, 6.07) is 9.13. The van der Waals surface area contributed by atoms with Gasteiger partial charge in [0, 0.05) is 40.1 Å². The summed E-state index contributed by atoms with van der Waals surface area (Å²) in [5.74, 6) is -0.500. The molecule has 2 aromatic heterocycles. The molecule has 1 fully saturated rings. The molecule has 5 rings (SSSR count). The molecular weight excluding hydrogens is 577 g/mol. The number of amides is 2. The van der Waals surface area contributed by atoms with E-state index in [1.807, 2.05) is 0 Å². The van der Waals surface area contributed by atoms with Gasteiger partial charge in [-0.1, -0.05) is 11.3 Å². The number of thioether (sulfide) groups is 1. The number of ether oxygens (including phenoxy) is 1. The molecule has 2 aliphatic heterocycles. The molecular formula is C28H25F3N4O4S2. The number of alkyl halides is 3. The number of likely N-dealkylation sites (tertiary alicyclic amines) is 1. The summed E-state index contributed by atoms with van der Waals surface area (Å²) in [5, 5.41) is 12.0. The fourth-order valence-electron chi connectivity index (χ4n) is 4.95. The molecule has 214 valence electrons. The number of hydrogen-bond donors (Lipinski definition) is 1. The van der Waals surface area contributed by atoms with Gasteiger partial charge in [-0.3, -0.25) is 14.9 Å². The number of piperidine rings is 1. The third-order valence-corrected chi connectivity index (χ3v) is 9.43. The number of halogens is 3. The van der Waals surface area contributed by atoms with Gasteiger partial charge in [-0.25, -0.2) is 9.78 Å². The van der Waals surface area contributed by atoms with Gasteiger partial charge in [0.15, 0.2) is 5.78 Å². The average Bonchev–Trinajstić information content (AvgIpc) is 3.23. The van der Waals surface area contributed by atoms with Crippen LogP contribution in [0, 0.1) is 11.3 Å². The normalized spacial score (nSPS) is 16.8. The first-order valence-corrected chi connectivity index (χ1v) is 14.4. The van der Waals surface area contributed by atoms with Crippen LogP contribution in [0.25, 0.3) is 10.2 Å². The van der Waals surface area contributed by atoms with E-state index in [0.29, 0.717) is 37.1 Å². The number of nitriles is 1. The minimum absolute atomic E-state index is 0.0375. The quantitative estimate of drug-likeness (QED) is 0.340. The van der Waals surface area contributed by atoms with Crippen LogP contribution in [0.5, 0.6) is 0 Å². The second-order valence-corrected chi connectivity index (χ2v) is 13.5. The molecule has 0 radical (unpaired) electrons. The third kappa shape index (κ3) is 5.90. The largest absolute Gasteiger partial charge is 0.444 e. The van der Waals surface area contributed by atoms with Crippen molar-refractivity contribution in [3.05, 3.63) is 52.7 Å². The zero-order valence-corrected chi connectivity index (χ0v) is 24.0. The number of hydrogen-bond acceptors (Lipinski definition) is 8. The van der Waals surface area contributed by atoms with Crippen LogP contribution in [-0.2, 0) is 10.9 Å². The average molecular weight is 603 g/mol. The monoisotopic (exact) mass is 602 g/mol. The molecule has 1 spiro atoms. The van der Waals surface area contributed by atoms with E-state index in [2.05, 4.69) is 16.4 Å². The van der Waals surface area contributed by atoms with E-state index >= 15 is 0 Å². The Morgan fingerprint density at radius 3 is 2.49 bits per heavy atom. The topological polar surface area (TPSA) is 112 Å². The minimum Gasteiger partial charge on any atom is -0.444 e. The van der Waals surface area contributed by atoms with Crippen molar-refractivity contribution in [2.75, 3.05) is 18.4 Å². The number of thiophene rings is 1. The van der Waals surface area contributed by atoms with Crippen molar-refractivity contribution in [1.29, 1.82) is 5.26 Å². The lowest BCUT2D eigenvalue weighted by Gasteiger charge is -2.43. The summed E-state index contributed by atoms with van der Waals surface area (Å²) >= 11 is 2.36. The Morgan fingerprint density at radius 1 is 1.15 bits per heavy atom. The maximum atomic E-state index is 13.8. The molecule has 41 heavy (non-hydrogen) atoms. The minimum atomic E-state index is -4.67. The highest BCUT2D eigenvalue weighted by Gasteiger charge is 2.43. The van der Waals surface area contributed by atoms with Gasteiger partial charge in [-0.2, -0.15) is 18.4 Å². The van der Waals surface area contributed by atoms with E-state index < -0.39 is 34.2 Å². The van der Waals surface area contributed by atoms with Gasteiger partial charge in [0.25, 0.3) is 5.91 Å². The van der Waals surface area contributed by atoms with E-state index in [0.717, 1.165) is 22.3 Å². The Hall–Kier alpha value is -3.63. The number of anilines is 1. The van der Waals surface area contributed by atoms with Crippen molar-refractivity contribution in [3.63, 3.8) is 0 Å². The summed E-state index contributed by atoms with van der Waals surface area (Å²) in [5.41, 5.74) is -0.932. The Balaban J connectivity index is 1.41. The molecule has 13 heteroatoms. The van der Waals surface area contributed by atoms with Gasteiger partial charge in [0.2, 0.25) is 0 Å². The Morgan fingerprint density at radius 2 is 1.85 bits per heavy atom. The summed E-state index contributed by atoms with van der Waals surface area (Å²) in [6.07, 6.45) is -4.21. The van der Waals surface area contributed by atoms with E-state index in [9.17, 15) is 32.8 Å². The van der Waals surface area contributed by atoms with Crippen molar-refractivity contribution in [1.82, 2.24) is 9.88 Å². The predicted molar refractivity (Wildman–Crippen MR) is 148 cm³/mol. The SMILES string of the molecule is CC(C)(C)OC(=O)Nc1sc2nc(C(F)(F)F)ccc2c1C(=O)N1CCC2(CC1)CC(=O)c1cc(C#N)ccc1S2. The first kappa shape index (κ1) is 28.9. The van der Waals surface area contributed by atoms with Crippen LogP contribution in [0.4, 0.5) is 23.0 Å². The fraction of sp³-hybridized carbons (Fsp3) is 0.393. The van der Waals surface area contributed by atoms with Crippen LogP contribution < -0.4 is 5.32 Å². The smallest absolute Gasteiger partial charge is 0.433 e. The van der Waals surface area contributed by atoms with Crippen LogP contribution in [0.1, 0.15) is 72.0 Å². The van der Waals surface area contributed by atoms with Gasteiger partial charge in [0.1, 0.15) is 21.1 Å². The van der Waals surface area contributed by atoms with Crippen molar-refractivity contribution in [2.45, 2.75) is 61.5 Å². The van der Waals surface area contributed by atoms with Crippen LogP contribution in [0.15, 0.2) is 35.2 Å². The van der Waals surface area contributed by atoms with Crippen molar-refractivity contribution in [3.8, 4) is 6.07 Å². The summed E-state index contributed by atoms with van der Waals surface area (Å²) in [6.45, 7) is 5.61. The molecule has 1 saturated heterocycles. The third-order valence-electron chi connectivity index (χ3n) is 6.85. The maximum Gasteiger partial charge on any atom is 0.433 e. The number of ketones is 1. The molecule has 2 amide bonds. The number of pyridine rings is 1. The van der Waals surface area contributed by atoms with Gasteiger partial charge >= 0.3 is 12.3 Å². The molecule has 0 bridgehead atoms. The second kappa shape index (κ2) is 10.3. The Labute approximate surface area is 241 Å². The molecule has 8 nitrogen and oxygen atoms in total. The molecule has 2 aliphatic rings. The number of aromatic nitrogens is 1. The van der Waals surface area contributed by atoms with Crippen LogP contribution in [0.2, 0.25) is 0 Å². The Bertz CT molecular complexity index is 1610. The standard InChI is InChI=1S/C28H25F3N4O4S2/c1-26(2,3)39-25(38)34-23-21(16-5-7-20(28(29,30)31)33-22(16)40-23)24(37)35-10-8-27(9-11-35)13-18(36)17-12-15(14-32)4-6-19(17)41-27/h4-7,12H,8-11,13H2,1-3H3,(H,34,38). The zero-order chi connectivity index (χ0) is 29.7. The molecule has 0 atom stereocenters. The number of rotatable bonds is 2. The molecule has 3 aromatic rings. The summed E-state index contributed by atoms with van der Waals surface area (Å²) in [4.78, 5) is 45.4. The molecule has 0 aliphatic carbocycles. The van der Waals surface area contributed by atoms with Gasteiger partial charge in [0.05, 0.1) is 17.2 Å². The maximum absolute atomic E-state index is 13.8. The highest BCUT2D eigenvalue weighted by molar-refractivity contribution is 8.01. The summed E-state index contributed by atoms with van der Waals surface area (Å²) in [7, 11) is 0. The van der Waals surface area contributed by atoms with Gasteiger partial charge < -0.3 is 9.64 Å². The van der Waals surface area contributed by atoms with E-state index in [-0.39, 0.29) is 33.0 Å². The first-order valence-electron chi connectivity index (χ1n) is 12.7. The molecule has 4 heterocycles. The highest BCUT2D eigenvalue weighted by Crippen LogP contribution is 2.49. The lowest BCUT2D eigenvalue weighted by atomic mass is 9.87. The van der Waals surface area contributed by atoms with Crippen LogP contribution in [-0.4, -0.2) is 51.1 Å². The van der Waals surface area contributed by atoms with Crippen LogP contribution >= 0.6 is 23.1 Å². The number of nitrogens with zero attached hydrogens (tertiary/aromatic N) is 3. The van der Waals surface area contributed by atoms with E-state index in [1.54, 1.807) is 55.6 Å². The molecule has 0 unspecified atom stereocenters. The predicted octanol–water partition coefficient (Wildman–Crippen LogP) is 6.89. The van der Waals surface area contributed by atoms with Gasteiger partial charge in [-0.05, 0) is 63.9 Å². The van der Waals surface area contributed by atoms with Crippen molar-refractivity contribution in [2.24, 2.45) is 0 Å². The number of carbonyl (C=O) groups is 3. The highest BCUT2D eigenvalue weighted by atomic mass is 32.2. The number of carbonyl (C=O) groups excluding carboxylic acids is 3. The number of nitrogens with one attached hydrogen (secondary N) is 1. The molecule has 1 aromatic carbocycles. The lowest BCUT2D eigenvalue weighted by Crippen LogP contribution is -2.47. The van der Waals surface area contributed by atoms with E-state index in [4.69, 9.17) is 4.74 Å². The Kier molecular flexibility index (Phi) is 7.28. The lowest BCUT2D eigenvalue weighted by molar-refractivity contribution is -0.140. The fourth-order valence-corrected chi connectivity index (χ4v) is 7.48. The molecule has 1 N–H and O–H groups in total. The van der Waals surface area contributed by atoms with Gasteiger partial charge in [-0.15, -0.1) is 11.8 Å². The van der Waals surface area contributed by atoms with E-state index in [1.165, 1.54) is 6.07 Å². The number of Topliss-reactive ketones (excluding diaryl/α,β-unsaturated/α-hetero) is 1.